The molecule has 0 spiro atoms. The summed E-state index contributed by atoms with van der Waals surface area (Å²) in [5, 5.41) is 0. The molecule has 0 aliphatic carbocycles. The summed E-state index contributed by atoms with van der Waals surface area (Å²) < 4.78 is 26.5. The lowest BCUT2D eigenvalue weighted by atomic mass is 10.0. The summed E-state index contributed by atoms with van der Waals surface area (Å²) in [7, 11) is -3.15. The van der Waals surface area contributed by atoms with E-state index in [1.54, 1.807) is 4.31 Å². The predicted molar refractivity (Wildman–Crippen MR) is 85.3 cm³/mol. The maximum absolute atomic E-state index is 12.4. The third-order valence-electron chi connectivity index (χ3n) is 3.85. The molecule has 1 rings (SSSR count). The number of hydrogen-bond donors (Lipinski definition) is 0. The molecule has 1 aromatic rings. The Balaban J connectivity index is 2.65. The van der Waals surface area contributed by atoms with Crippen molar-refractivity contribution in [3.63, 3.8) is 0 Å². The number of hydrogen-bond acceptors (Lipinski definition) is 2. The van der Waals surface area contributed by atoms with E-state index in [2.05, 4.69) is 13.8 Å². The topological polar surface area (TPSA) is 37.4 Å². The Kier molecular flexibility index (Phi) is 7.24. The summed E-state index contributed by atoms with van der Waals surface area (Å²) in [6, 6.07) is 9.80. The molecule has 0 amide bonds. The van der Waals surface area contributed by atoms with Crippen LogP contribution in [0.3, 0.4) is 0 Å². The van der Waals surface area contributed by atoms with E-state index in [0.717, 1.165) is 18.4 Å². The Hall–Kier alpha value is -0.870. The van der Waals surface area contributed by atoms with Gasteiger partial charge < -0.3 is 0 Å². The van der Waals surface area contributed by atoms with Gasteiger partial charge in [0.25, 0.3) is 0 Å². The molecule has 0 fully saturated rings. The first-order valence-corrected chi connectivity index (χ1v) is 9.16. The highest BCUT2D eigenvalue weighted by Gasteiger charge is 2.22. The van der Waals surface area contributed by atoms with Crippen LogP contribution in [0.4, 0.5) is 0 Å². The van der Waals surface area contributed by atoms with Gasteiger partial charge in [-0.15, -0.1) is 0 Å². The van der Waals surface area contributed by atoms with Gasteiger partial charge in [-0.25, -0.2) is 12.7 Å². The number of sulfonamides is 1. The largest absolute Gasteiger partial charge is 0.214 e. The maximum Gasteiger partial charge on any atom is 0.214 e. The Morgan fingerprint density at radius 1 is 1.05 bits per heavy atom. The fraction of sp³-hybridized carbons (Fsp3) is 0.625. The smallest absolute Gasteiger partial charge is 0.212 e. The Labute approximate surface area is 124 Å². The Morgan fingerprint density at radius 3 is 2.15 bits per heavy atom. The fourth-order valence-corrected chi connectivity index (χ4v) is 3.88. The highest BCUT2D eigenvalue weighted by Crippen LogP contribution is 2.14. The second-order valence-corrected chi connectivity index (χ2v) is 7.27. The van der Waals surface area contributed by atoms with Gasteiger partial charge >= 0.3 is 0 Å². The first kappa shape index (κ1) is 17.2. The maximum atomic E-state index is 12.4. The van der Waals surface area contributed by atoms with Crippen molar-refractivity contribution >= 4 is 10.0 Å². The summed E-state index contributed by atoms with van der Waals surface area (Å²) in [4.78, 5) is 0. The molecule has 0 aromatic heterocycles. The minimum Gasteiger partial charge on any atom is -0.212 e. The minimum atomic E-state index is -3.15. The molecule has 0 aliphatic rings. The third-order valence-corrected chi connectivity index (χ3v) is 5.77. The average molecular weight is 297 g/mol. The zero-order valence-electron chi connectivity index (χ0n) is 12.9. The van der Waals surface area contributed by atoms with E-state index in [9.17, 15) is 8.42 Å². The molecule has 3 nitrogen and oxygen atoms in total. The van der Waals surface area contributed by atoms with E-state index in [0.29, 0.717) is 25.4 Å². The molecule has 0 atom stereocenters. The van der Waals surface area contributed by atoms with Gasteiger partial charge in [0.05, 0.1) is 5.75 Å². The van der Waals surface area contributed by atoms with Crippen molar-refractivity contribution in [1.29, 1.82) is 0 Å². The van der Waals surface area contributed by atoms with E-state index in [1.165, 1.54) is 0 Å². The predicted octanol–water partition coefficient (Wildman–Crippen LogP) is 3.32. The van der Waals surface area contributed by atoms with Crippen LogP contribution in [-0.2, 0) is 16.4 Å². The van der Waals surface area contributed by atoms with Crippen LogP contribution in [0.5, 0.6) is 0 Å². The van der Waals surface area contributed by atoms with E-state index in [-0.39, 0.29) is 5.75 Å². The molecule has 0 unspecified atom stereocenters. The van der Waals surface area contributed by atoms with Gasteiger partial charge in [0.1, 0.15) is 0 Å². The molecular formula is C16H27NO2S. The summed E-state index contributed by atoms with van der Waals surface area (Å²) in [6.07, 6.45) is 2.64. The molecule has 114 valence electrons. The number of nitrogens with zero attached hydrogens (tertiary/aromatic N) is 1. The fourth-order valence-electron chi connectivity index (χ4n) is 2.29. The van der Waals surface area contributed by atoms with Crippen molar-refractivity contribution < 1.29 is 8.42 Å². The molecule has 0 N–H and O–H groups in total. The summed E-state index contributed by atoms with van der Waals surface area (Å²) >= 11 is 0. The first-order valence-electron chi connectivity index (χ1n) is 7.55. The Morgan fingerprint density at radius 2 is 1.65 bits per heavy atom. The Bertz CT molecular complexity index is 467. The van der Waals surface area contributed by atoms with Crippen molar-refractivity contribution in [2.24, 2.45) is 5.92 Å². The summed E-state index contributed by atoms with van der Waals surface area (Å²) in [6.45, 7) is 7.38. The molecule has 0 heterocycles. The lowest BCUT2D eigenvalue weighted by Crippen LogP contribution is -2.37. The molecule has 1 aromatic carbocycles. The molecule has 4 heteroatoms. The van der Waals surface area contributed by atoms with Crippen LogP contribution < -0.4 is 0 Å². The highest BCUT2D eigenvalue weighted by atomic mass is 32.2. The van der Waals surface area contributed by atoms with E-state index in [1.807, 2.05) is 37.3 Å². The van der Waals surface area contributed by atoms with Gasteiger partial charge in [-0.2, -0.15) is 0 Å². The van der Waals surface area contributed by atoms with E-state index < -0.39 is 10.0 Å². The summed E-state index contributed by atoms with van der Waals surface area (Å²) in [5.41, 5.74) is 1.08. The van der Waals surface area contributed by atoms with Gasteiger partial charge in [-0.05, 0) is 17.9 Å². The molecule has 0 saturated heterocycles. The number of rotatable bonds is 9. The zero-order chi connectivity index (χ0) is 15.0. The molecular weight excluding hydrogens is 270 g/mol. The first-order chi connectivity index (χ1) is 9.53. The number of benzene rings is 1. The standard InChI is InChI=1S/C16H27NO2S/c1-4-15(5-2)14-17(6-3)20(18,19)13-12-16-10-8-7-9-11-16/h7-11,15H,4-6,12-14H2,1-3H3. The minimum absolute atomic E-state index is 0.199. The van der Waals surface area contributed by atoms with Crippen LogP contribution in [0.2, 0.25) is 0 Å². The van der Waals surface area contributed by atoms with E-state index >= 15 is 0 Å². The van der Waals surface area contributed by atoms with Crippen LogP contribution in [0.1, 0.15) is 39.2 Å². The zero-order valence-corrected chi connectivity index (χ0v) is 13.7. The second kappa shape index (κ2) is 8.42. The molecule has 0 bridgehead atoms. The molecule has 0 aliphatic heterocycles. The normalized spacial score (nSPS) is 12.2. The quantitative estimate of drug-likeness (QED) is 0.701. The number of aryl methyl sites for hydroxylation is 1. The van der Waals surface area contributed by atoms with Crippen LogP contribution >= 0.6 is 0 Å². The van der Waals surface area contributed by atoms with Crippen molar-refractivity contribution in [3.05, 3.63) is 35.9 Å². The van der Waals surface area contributed by atoms with Gasteiger partial charge in [0.15, 0.2) is 0 Å². The SMILES string of the molecule is CCC(CC)CN(CC)S(=O)(=O)CCc1ccccc1. The molecule has 20 heavy (non-hydrogen) atoms. The van der Waals surface area contributed by atoms with Crippen molar-refractivity contribution in [3.8, 4) is 0 Å². The molecule has 0 saturated carbocycles. The average Bonchev–Trinajstić information content (AvgIpc) is 2.47. The summed E-state index contributed by atoms with van der Waals surface area (Å²) in [5.74, 6) is 0.659. The van der Waals surface area contributed by atoms with Crippen molar-refractivity contribution in [2.45, 2.75) is 40.0 Å². The lowest BCUT2D eigenvalue weighted by Gasteiger charge is -2.24. The monoisotopic (exact) mass is 297 g/mol. The van der Waals surface area contributed by atoms with Gasteiger partial charge in [-0.1, -0.05) is 63.9 Å². The van der Waals surface area contributed by atoms with Gasteiger partial charge in [0, 0.05) is 13.1 Å². The van der Waals surface area contributed by atoms with Gasteiger partial charge in [-0.3, -0.25) is 0 Å². The van der Waals surface area contributed by atoms with Crippen molar-refractivity contribution in [2.75, 3.05) is 18.8 Å². The third kappa shape index (κ3) is 5.25. The van der Waals surface area contributed by atoms with Gasteiger partial charge in [0.2, 0.25) is 10.0 Å². The van der Waals surface area contributed by atoms with E-state index in [4.69, 9.17) is 0 Å². The lowest BCUT2D eigenvalue weighted by molar-refractivity contribution is 0.339. The van der Waals surface area contributed by atoms with Crippen LogP contribution in [0.15, 0.2) is 30.3 Å². The van der Waals surface area contributed by atoms with Crippen LogP contribution in [0, 0.1) is 5.92 Å². The van der Waals surface area contributed by atoms with Crippen molar-refractivity contribution in [1.82, 2.24) is 4.31 Å². The highest BCUT2D eigenvalue weighted by molar-refractivity contribution is 7.89. The molecule has 0 radical (unpaired) electrons. The van der Waals surface area contributed by atoms with Crippen LogP contribution in [0.25, 0.3) is 0 Å². The second-order valence-electron chi connectivity index (χ2n) is 5.18. The van der Waals surface area contributed by atoms with Crippen LogP contribution in [-0.4, -0.2) is 31.6 Å².